The Kier molecular flexibility index (Phi) is 6.19. The topological polar surface area (TPSA) is 54.4 Å². The molecule has 0 aromatic heterocycles. The van der Waals surface area contributed by atoms with Gasteiger partial charge in [-0.2, -0.15) is 34.8 Å². The predicted molar refractivity (Wildman–Crippen MR) is 105 cm³/mol. The summed E-state index contributed by atoms with van der Waals surface area (Å²) in [5, 5.41) is -0.943. The van der Waals surface area contributed by atoms with Crippen LogP contribution in [0.5, 0.6) is 0 Å². The highest BCUT2D eigenvalue weighted by atomic mass is 32.2. The average molecular weight is 478 g/mol. The maximum Gasteiger partial charge on any atom is 0.417 e. The average Bonchev–Trinajstić information content (AvgIpc) is 2.67. The van der Waals surface area contributed by atoms with Crippen molar-refractivity contribution < 1.29 is 39.3 Å². The van der Waals surface area contributed by atoms with Crippen molar-refractivity contribution in [2.24, 2.45) is 0 Å². The summed E-state index contributed by atoms with van der Waals surface area (Å²) in [5.41, 5.74) is -2.26. The molecule has 11 heteroatoms. The summed E-state index contributed by atoms with van der Waals surface area (Å²) in [6.07, 6.45) is -9.71. The molecule has 31 heavy (non-hydrogen) atoms. The van der Waals surface area contributed by atoms with Crippen LogP contribution in [-0.2, 0) is 22.5 Å². The van der Waals surface area contributed by atoms with E-state index in [1.54, 1.807) is 0 Å². The van der Waals surface area contributed by atoms with Crippen LogP contribution in [0.3, 0.4) is 0 Å². The molecule has 0 aliphatic heterocycles. The Bertz CT molecular complexity index is 1150. The number of benzene rings is 3. The van der Waals surface area contributed by atoms with Gasteiger partial charge in [0, 0.05) is 0 Å². The van der Waals surface area contributed by atoms with Gasteiger partial charge in [0.15, 0.2) is 0 Å². The lowest BCUT2D eigenvalue weighted by atomic mass is 10.2. The molecule has 0 fully saturated rings. The standard InChI is InChI=1S/C20H13F6O3PS/c21-19(22,23)15-8-1-3-10-17(15)30(13-6-5-7-14(12-13)31(27,28)29)18-11-4-2-9-16(18)20(24,25)26/h1-12H,(H,27,28,29). The van der Waals surface area contributed by atoms with Crippen LogP contribution in [0.2, 0.25) is 0 Å². The van der Waals surface area contributed by atoms with Crippen molar-refractivity contribution in [3.05, 3.63) is 83.9 Å². The molecule has 1 N–H and O–H groups in total. The van der Waals surface area contributed by atoms with Crippen LogP contribution in [0.1, 0.15) is 11.1 Å². The van der Waals surface area contributed by atoms with Crippen molar-refractivity contribution >= 4 is 34.0 Å². The smallest absolute Gasteiger partial charge is 0.282 e. The summed E-state index contributed by atoms with van der Waals surface area (Å²) in [6.45, 7) is 0. The van der Waals surface area contributed by atoms with Crippen molar-refractivity contribution in [2.45, 2.75) is 17.2 Å². The quantitative estimate of drug-likeness (QED) is 0.335. The molecule has 0 saturated heterocycles. The molecule has 3 rings (SSSR count). The second kappa shape index (κ2) is 8.26. The van der Waals surface area contributed by atoms with Gasteiger partial charge in [0.1, 0.15) is 0 Å². The lowest BCUT2D eigenvalue weighted by Gasteiger charge is -2.26. The molecule has 3 aromatic carbocycles. The van der Waals surface area contributed by atoms with Gasteiger partial charge in [0.2, 0.25) is 0 Å². The van der Waals surface area contributed by atoms with E-state index in [0.29, 0.717) is 0 Å². The molecule has 0 bridgehead atoms. The molecular weight excluding hydrogens is 465 g/mol. The third-order valence-corrected chi connectivity index (χ3v) is 7.66. The van der Waals surface area contributed by atoms with Crippen LogP contribution in [-0.4, -0.2) is 13.0 Å². The third kappa shape index (κ3) is 5.08. The molecule has 0 atom stereocenters. The summed E-state index contributed by atoms with van der Waals surface area (Å²) >= 11 is 0. The van der Waals surface area contributed by atoms with Crippen LogP contribution in [0.25, 0.3) is 0 Å². The Morgan fingerprint density at radius 1 is 0.677 bits per heavy atom. The minimum atomic E-state index is -4.86. The summed E-state index contributed by atoms with van der Waals surface area (Å²) in [4.78, 5) is -0.633. The van der Waals surface area contributed by atoms with E-state index in [1.165, 1.54) is 18.2 Å². The largest absolute Gasteiger partial charge is 0.417 e. The molecule has 0 spiro atoms. The Morgan fingerprint density at radius 3 is 1.55 bits per heavy atom. The fourth-order valence-electron chi connectivity index (χ4n) is 3.01. The zero-order chi connectivity index (χ0) is 23.0. The minimum Gasteiger partial charge on any atom is -0.282 e. The first-order valence-electron chi connectivity index (χ1n) is 8.50. The molecule has 0 radical (unpaired) electrons. The van der Waals surface area contributed by atoms with Gasteiger partial charge in [-0.25, -0.2) is 0 Å². The first-order chi connectivity index (χ1) is 14.3. The van der Waals surface area contributed by atoms with Gasteiger partial charge in [-0.15, -0.1) is 0 Å². The van der Waals surface area contributed by atoms with E-state index in [-0.39, 0.29) is 5.30 Å². The number of hydrogen-bond acceptors (Lipinski definition) is 2. The van der Waals surface area contributed by atoms with Crippen molar-refractivity contribution in [1.82, 2.24) is 0 Å². The molecule has 0 unspecified atom stereocenters. The SMILES string of the molecule is O=S(=O)(O)c1cccc(P(c2ccccc2C(F)(F)F)c2ccccc2C(F)(F)F)c1. The Balaban J connectivity index is 2.40. The first-order valence-corrected chi connectivity index (χ1v) is 11.3. The highest BCUT2D eigenvalue weighted by molar-refractivity contribution is 7.86. The van der Waals surface area contributed by atoms with Gasteiger partial charge in [-0.05, 0) is 48.1 Å². The fourth-order valence-corrected chi connectivity index (χ4v) is 6.30. The van der Waals surface area contributed by atoms with Crippen molar-refractivity contribution in [2.75, 3.05) is 0 Å². The highest BCUT2D eigenvalue weighted by Crippen LogP contribution is 2.43. The monoisotopic (exact) mass is 478 g/mol. The summed E-state index contributed by atoms with van der Waals surface area (Å²) in [6, 6.07) is 12.7. The van der Waals surface area contributed by atoms with E-state index < -0.39 is 57.0 Å². The van der Waals surface area contributed by atoms with E-state index in [4.69, 9.17) is 0 Å². The van der Waals surface area contributed by atoms with Crippen LogP contribution < -0.4 is 15.9 Å². The Labute approximate surface area is 174 Å². The third-order valence-electron chi connectivity index (χ3n) is 4.27. The molecule has 0 amide bonds. The lowest BCUT2D eigenvalue weighted by Crippen LogP contribution is -2.30. The van der Waals surface area contributed by atoms with E-state index >= 15 is 0 Å². The first kappa shape index (κ1) is 23.2. The van der Waals surface area contributed by atoms with Gasteiger partial charge in [0.05, 0.1) is 16.0 Å². The van der Waals surface area contributed by atoms with Gasteiger partial charge >= 0.3 is 12.4 Å². The number of alkyl halides is 6. The summed E-state index contributed by atoms with van der Waals surface area (Å²) in [7, 11) is -7.23. The second-order valence-electron chi connectivity index (χ2n) is 6.34. The predicted octanol–water partition coefficient (Wildman–Crippen LogP) is 4.73. The summed E-state index contributed by atoms with van der Waals surface area (Å²) < 4.78 is 115. The van der Waals surface area contributed by atoms with Crippen LogP contribution in [0, 0.1) is 0 Å². The van der Waals surface area contributed by atoms with Gasteiger partial charge in [0.25, 0.3) is 10.1 Å². The molecule has 0 aliphatic carbocycles. The molecule has 0 aliphatic rings. The molecule has 3 nitrogen and oxygen atoms in total. The second-order valence-corrected chi connectivity index (χ2v) is 9.91. The van der Waals surface area contributed by atoms with Crippen LogP contribution in [0.4, 0.5) is 26.3 Å². The normalized spacial score (nSPS) is 12.9. The Morgan fingerprint density at radius 2 is 1.13 bits per heavy atom. The van der Waals surface area contributed by atoms with Crippen molar-refractivity contribution in [1.29, 1.82) is 0 Å². The van der Waals surface area contributed by atoms with Gasteiger partial charge in [-0.3, -0.25) is 4.55 Å². The van der Waals surface area contributed by atoms with Gasteiger partial charge in [-0.1, -0.05) is 48.5 Å². The minimum absolute atomic E-state index is 0.0986. The molecule has 0 saturated carbocycles. The number of rotatable bonds is 4. The molecule has 3 aromatic rings. The fraction of sp³-hybridized carbons (Fsp3) is 0.100. The number of halogens is 6. The van der Waals surface area contributed by atoms with E-state index in [9.17, 15) is 39.3 Å². The summed E-state index contributed by atoms with van der Waals surface area (Å²) in [5.74, 6) is 0. The van der Waals surface area contributed by atoms with E-state index in [1.807, 2.05) is 0 Å². The maximum atomic E-state index is 13.7. The van der Waals surface area contributed by atoms with Crippen molar-refractivity contribution in [3.63, 3.8) is 0 Å². The molecular formula is C20H13F6O3PS. The van der Waals surface area contributed by atoms with Crippen LogP contribution >= 0.6 is 7.92 Å². The Hall–Kier alpha value is -2.42. The highest BCUT2D eigenvalue weighted by Gasteiger charge is 2.40. The van der Waals surface area contributed by atoms with Crippen molar-refractivity contribution in [3.8, 4) is 0 Å². The maximum absolute atomic E-state index is 13.7. The zero-order valence-corrected chi connectivity index (χ0v) is 17.0. The lowest BCUT2D eigenvalue weighted by molar-refractivity contribution is -0.137. The molecule has 164 valence electrons. The van der Waals surface area contributed by atoms with Crippen LogP contribution in [0.15, 0.2) is 77.7 Å². The van der Waals surface area contributed by atoms with E-state index in [0.717, 1.165) is 54.6 Å². The van der Waals surface area contributed by atoms with Gasteiger partial charge < -0.3 is 0 Å². The molecule has 0 heterocycles. The zero-order valence-electron chi connectivity index (χ0n) is 15.3. The van der Waals surface area contributed by atoms with E-state index in [2.05, 4.69) is 0 Å². The number of hydrogen-bond donors (Lipinski definition) is 1.